The predicted molar refractivity (Wildman–Crippen MR) is 37.5 cm³/mol. The summed E-state index contributed by atoms with van der Waals surface area (Å²) in [4.78, 5) is 0. The van der Waals surface area contributed by atoms with Gasteiger partial charge in [0.1, 0.15) is 0 Å². The van der Waals surface area contributed by atoms with E-state index in [4.69, 9.17) is 4.74 Å². The molecule has 1 saturated heterocycles. The van der Waals surface area contributed by atoms with Gasteiger partial charge < -0.3 is 10.1 Å². The van der Waals surface area contributed by atoms with E-state index in [1.807, 2.05) is 7.05 Å². The molecule has 54 valence electrons. The first-order valence-electron chi connectivity index (χ1n) is 3.68. The third-order valence-electron chi connectivity index (χ3n) is 1.67. The first-order valence-corrected chi connectivity index (χ1v) is 3.68. The molecule has 2 nitrogen and oxygen atoms in total. The quantitative estimate of drug-likeness (QED) is 0.567. The molecule has 2 heteroatoms. The SMILES string of the molecule is CCC[C@@H]1O[C@@H]1CNC. The smallest absolute Gasteiger partial charge is 0.0965 e. The molecule has 1 N–H and O–H groups in total. The highest BCUT2D eigenvalue weighted by atomic mass is 16.6. The molecule has 0 bridgehead atoms. The topological polar surface area (TPSA) is 24.6 Å². The van der Waals surface area contributed by atoms with Crippen molar-refractivity contribution in [2.24, 2.45) is 0 Å². The number of likely N-dealkylation sites (N-methyl/N-ethyl adjacent to an activating group) is 1. The van der Waals surface area contributed by atoms with E-state index in [1.54, 1.807) is 0 Å². The van der Waals surface area contributed by atoms with E-state index in [2.05, 4.69) is 12.2 Å². The van der Waals surface area contributed by atoms with Crippen molar-refractivity contribution in [2.75, 3.05) is 13.6 Å². The van der Waals surface area contributed by atoms with Crippen LogP contribution in [0.2, 0.25) is 0 Å². The van der Waals surface area contributed by atoms with Gasteiger partial charge in [-0.2, -0.15) is 0 Å². The van der Waals surface area contributed by atoms with Crippen molar-refractivity contribution in [1.82, 2.24) is 5.32 Å². The molecule has 1 fully saturated rings. The molecule has 0 unspecified atom stereocenters. The number of nitrogens with one attached hydrogen (secondary N) is 1. The summed E-state index contributed by atoms with van der Waals surface area (Å²) in [5.74, 6) is 0. The number of epoxide rings is 1. The Hall–Kier alpha value is -0.0800. The second-order valence-electron chi connectivity index (χ2n) is 2.56. The Morgan fingerprint density at radius 1 is 1.44 bits per heavy atom. The minimum absolute atomic E-state index is 0.523. The molecule has 0 amide bonds. The van der Waals surface area contributed by atoms with E-state index in [0.717, 1.165) is 6.54 Å². The van der Waals surface area contributed by atoms with Gasteiger partial charge in [-0.1, -0.05) is 13.3 Å². The van der Waals surface area contributed by atoms with Crippen LogP contribution >= 0.6 is 0 Å². The van der Waals surface area contributed by atoms with E-state index in [0.29, 0.717) is 12.2 Å². The summed E-state index contributed by atoms with van der Waals surface area (Å²) < 4.78 is 5.34. The van der Waals surface area contributed by atoms with Crippen molar-refractivity contribution in [3.8, 4) is 0 Å². The van der Waals surface area contributed by atoms with Crippen LogP contribution in [0.3, 0.4) is 0 Å². The van der Waals surface area contributed by atoms with Gasteiger partial charge in [0.05, 0.1) is 12.2 Å². The van der Waals surface area contributed by atoms with Gasteiger partial charge in [0.25, 0.3) is 0 Å². The summed E-state index contributed by atoms with van der Waals surface area (Å²) in [6.45, 7) is 3.21. The molecule has 0 aromatic carbocycles. The third kappa shape index (κ3) is 1.95. The first kappa shape index (κ1) is 7.03. The van der Waals surface area contributed by atoms with Crippen LogP contribution in [0.5, 0.6) is 0 Å². The molecule has 0 saturated carbocycles. The molecule has 0 aromatic rings. The fraction of sp³-hybridized carbons (Fsp3) is 1.00. The summed E-state index contributed by atoms with van der Waals surface area (Å²) in [5, 5.41) is 3.09. The maximum atomic E-state index is 5.34. The van der Waals surface area contributed by atoms with Gasteiger partial charge in [-0.3, -0.25) is 0 Å². The Bertz CT molecular complexity index is 75.0. The second kappa shape index (κ2) is 3.18. The Kier molecular flexibility index (Phi) is 2.49. The number of ether oxygens (including phenoxy) is 1. The monoisotopic (exact) mass is 129 g/mol. The minimum Gasteiger partial charge on any atom is -0.368 e. The average molecular weight is 129 g/mol. The van der Waals surface area contributed by atoms with Gasteiger partial charge in [-0.15, -0.1) is 0 Å². The Balaban J connectivity index is 1.96. The highest BCUT2D eigenvalue weighted by Gasteiger charge is 2.36. The highest BCUT2D eigenvalue weighted by Crippen LogP contribution is 2.25. The predicted octanol–water partition coefficient (Wildman–Crippen LogP) is 0.773. The molecule has 1 aliphatic rings. The third-order valence-corrected chi connectivity index (χ3v) is 1.67. The van der Waals surface area contributed by atoms with Crippen LogP contribution in [0, 0.1) is 0 Å². The van der Waals surface area contributed by atoms with Crippen LogP contribution in [0.4, 0.5) is 0 Å². The molecule has 2 atom stereocenters. The molecular formula is C7H15NO. The Labute approximate surface area is 56.6 Å². The van der Waals surface area contributed by atoms with Gasteiger partial charge >= 0.3 is 0 Å². The van der Waals surface area contributed by atoms with Crippen LogP contribution < -0.4 is 5.32 Å². The van der Waals surface area contributed by atoms with E-state index < -0.39 is 0 Å². The summed E-state index contributed by atoms with van der Waals surface area (Å²) in [7, 11) is 1.96. The van der Waals surface area contributed by atoms with E-state index in [-0.39, 0.29) is 0 Å². The lowest BCUT2D eigenvalue weighted by Gasteiger charge is -1.89. The molecule has 1 rings (SSSR count). The molecule has 1 aliphatic heterocycles. The minimum atomic E-state index is 0.523. The van der Waals surface area contributed by atoms with Gasteiger partial charge in [0.15, 0.2) is 0 Å². The van der Waals surface area contributed by atoms with Crippen molar-refractivity contribution < 1.29 is 4.74 Å². The lowest BCUT2D eigenvalue weighted by Crippen LogP contribution is -2.15. The molecule has 0 spiro atoms. The summed E-state index contributed by atoms with van der Waals surface area (Å²) in [5.41, 5.74) is 0. The van der Waals surface area contributed by atoms with Crippen molar-refractivity contribution in [3.05, 3.63) is 0 Å². The molecule has 1 heterocycles. The lowest BCUT2D eigenvalue weighted by atomic mass is 10.2. The summed E-state index contributed by atoms with van der Waals surface area (Å²) in [6.07, 6.45) is 3.56. The van der Waals surface area contributed by atoms with E-state index in [1.165, 1.54) is 12.8 Å². The lowest BCUT2D eigenvalue weighted by molar-refractivity contribution is 0.359. The van der Waals surface area contributed by atoms with Gasteiger partial charge in [-0.25, -0.2) is 0 Å². The van der Waals surface area contributed by atoms with Crippen LogP contribution in [-0.4, -0.2) is 25.8 Å². The first-order chi connectivity index (χ1) is 4.38. The summed E-state index contributed by atoms with van der Waals surface area (Å²) in [6, 6.07) is 0. The number of hydrogen-bond acceptors (Lipinski definition) is 2. The largest absolute Gasteiger partial charge is 0.368 e. The fourth-order valence-electron chi connectivity index (χ4n) is 1.10. The van der Waals surface area contributed by atoms with Gasteiger partial charge in [0, 0.05) is 6.54 Å². The van der Waals surface area contributed by atoms with Crippen molar-refractivity contribution in [1.29, 1.82) is 0 Å². The number of rotatable bonds is 4. The summed E-state index contributed by atoms with van der Waals surface area (Å²) >= 11 is 0. The van der Waals surface area contributed by atoms with Crippen LogP contribution in [-0.2, 0) is 4.74 Å². The Morgan fingerprint density at radius 2 is 2.22 bits per heavy atom. The van der Waals surface area contributed by atoms with Crippen LogP contribution in [0.25, 0.3) is 0 Å². The van der Waals surface area contributed by atoms with Crippen LogP contribution in [0.15, 0.2) is 0 Å². The zero-order valence-corrected chi connectivity index (χ0v) is 6.18. The van der Waals surface area contributed by atoms with Crippen LogP contribution in [0.1, 0.15) is 19.8 Å². The van der Waals surface area contributed by atoms with Crippen molar-refractivity contribution >= 4 is 0 Å². The molecular weight excluding hydrogens is 114 g/mol. The zero-order chi connectivity index (χ0) is 6.69. The second-order valence-corrected chi connectivity index (χ2v) is 2.56. The van der Waals surface area contributed by atoms with E-state index >= 15 is 0 Å². The normalized spacial score (nSPS) is 32.7. The fourth-order valence-corrected chi connectivity index (χ4v) is 1.10. The Morgan fingerprint density at radius 3 is 2.78 bits per heavy atom. The van der Waals surface area contributed by atoms with E-state index in [9.17, 15) is 0 Å². The maximum absolute atomic E-state index is 5.34. The molecule has 9 heavy (non-hydrogen) atoms. The highest BCUT2D eigenvalue weighted by molar-refractivity contribution is 4.85. The van der Waals surface area contributed by atoms with Crippen molar-refractivity contribution in [2.45, 2.75) is 32.0 Å². The average Bonchev–Trinajstić information content (AvgIpc) is 2.50. The zero-order valence-electron chi connectivity index (χ0n) is 6.18. The molecule has 0 radical (unpaired) electrons. The molecule has 0 aliphatic carbocycles. The molecule has 0 aromatic heterocycles. The standard InChI is InChI=1S/C7H15NO/c1-3-4-6-7(9-6)5-8-2/h6-8H,3-5H2,1-2H3/t6-,7+/m0/s1. The number of hydrogen-bond donors (Lipinski definition) is 1. The van der Waals surface area contributed by atoms with Gasteiger partial charge in [0.2, 0.25) is 0 Å². The van der Waals surface area contributed by atoms with Gasteiger partial charge in [-0.05, 0) is 13.5 Å². The van der Waals surface area contributed by atoms with Crippen molar-refractivity contribution in [3.63, 3.8) is 0 Å². The maximum Gasteiger partial charge on any atom is 0.0965 e.